The molecule has 2 aromatic rings. The Bertz CT molecular complexity index is 719. The number of fused-ring (bicyclic) bond motifs is 2. The van der Waals surface area contributed by atoms with Gasteiger partial charge in [0, 0.05) is 36.9 Å². The van der Waals surface area contributed by atoms with Gasteiger partial charge in [-0.2, -0.15) is 0 Å². The molecule has 2 aliphatic rings. The third kappa shape index (κ3) is 2.24. The van der Waals surface area contributed by atoms with E-state index in [2.05, 4.69) is 26.3 Å². The Morgan fingerprint density at radius 2 is 2.09 bits per heavy atom. The van der Waals surface area contributed by atoms with Crippen LogP contribution in [0.1, 0.15) is 5.56 Å². The largest absolute Gasteiger partial charge is 0.494 e. The van der Waals surface area contributed by atoms with Gasteiger partial charge in [-0.15, -0.1) is 11.3 Å². The molecule has 0 spiro atoms. The van der Waals surface area contributed by atoms with Crippen molar-refractivity contribution in [2.75, 3.05) is 38.6 Å². The zero-order chi connectivity index (χ0) is 14.9. The monoisotopic (exact) mass is 314 g/mol. The number of hydrogen-bond donors (Lipinski definition) is 2. The van der Waals surface area contributed by atoms with Crippen molar-refractivity contribution >= 4 is 34.2 Å². The molecule has 4 rings (SSSR count). The number of hydrogen-bond acceptors (Lipinski definition) is 6. The summed E-state index contributed by atoms with van der Waals surface area (Å²) in [5.41, 5.74) is 4.14. The van der Waals surface area contributed by atoms with Crippen molar-refractivity contribution in [2.24, 2.45) is 4.99 Å². The van der Waals surface area contributed by atoms with E-state index in [0.29, 0.717) is 0 Å². The Morgan fingerprint density at radius 1 is 1.23 bits per heavy atom. The first kappa shape index (κ1) is 13.6. The van der Waals surface area contributed by atoms with Crippen LogP contribution >= 0.6 is 11.3 Å². The highest BCUT2D eigenvalue weighted by Gasteiger charge is 2.24. The summed E-state index contributed by atoms with van der Waals surface area (Å²) in [6.45, 7) is 3.95. The standard InChI is InChI=1S/C16H18N4OS/c1-21-14-4-2-3-12-15(14)18-13-10-22-9-11(13)16(19-12)20-7-5-17-6-8-20/h2-4,9-10,17-18H,5-8H2,1H3. The van der Waals surface area contributed by atoms with Gasteiger partial charge in [-0.25, -0.2) is 4.99 Å². The lowest BCUT2D eigenvalue weighted by atomic mass is 10.2. The topological polar surface area (TPSA) is 48.9 Å². The molecule has 22 heavy (non-hydrogen) atoms. The highest BCUT2D eigenvalue weighted by atomic mass is 32.1. The molecule has 2 aliphatic heterocycles. The van der Waals surface area contributed by atoms with E-state index in [0.717, 1.165) is 54.8 Å². The fourth-order valence-electron chi connectivity index (χ4n) is 2.90. The summed E-state index contributed by atoms with van der Waals surface area (Å²) >= 11 is 1.69. The highest BCUT2D eigenvalue weighted by Crippen LogP contribution is 2.41. The van der Waals surface area contributed by atoms with Gasteiger partial charge >= 0.3 is 0 Å². The summed E-state index contributed by atoms with van der Waals surface area (Å²) in [7, 11) is 1.69. The molecule has 0 bridgehead atoms. The molecule has 3 heterocycles. The molecule has 0 radical (unpaired) electrons. The average molecular weight is 314 g/mol. The predicted molar refractivity (Wildman–Crippen MR) is 91.2 cm³/mol. The second kappa shape index (κ2) is 5.62. The van der Waals surface area contributed by atoms with E-state index >= 15 is 0 Å². The first-order valence-corrected chi connectivity index (χ1v) is 8.36. The first-order chi connectivity index (χ1) is 10.9. The normalized spacial score (nSPS) is 17.0. The van der Waals surface area contributed by atoms with E-state index < -0.39 is 0 Å². The molecule has 0 amide bonds. The number of thiophene rings is 1. The van der Waals surface area contributed by atoms with Crippen molar-refractivity contribution in [3.05, 3.63) is 34.5 Å². The lowest BCUT2D eigenvalue weighted by Gasteiger charge is -2.30. The van der Waals surface area contributed by atoms with Crippen molar-refractivity contribution in [2.45, 2.75) is 0 Å². The number of amidine groups is 1. The lowest BCUT2D eigenvalue weighted by Crippen LogP contribution is -2.46. The zero-order valence-electron chi connectivity index (χ0n) is 12.4. The van der Waals surface area contributed by atoms with E-state index in [4.69, 9.17) is 9.73 Å². The van der Waals surface area contributed by atoms with Gasteiger partial charge in [0.05, 0.1) is 24.0 Å². The summed E-state index contributed by atoms with van der Waals surface area (Å²) in [5.74, 6) is 1.87. The van der Waals surface area contributed by atoms with Crippen LogP contribution in [0.2, 0.25) is 0 Å². The third-order valence-electron chi connectivity index (χ3n) is 4.03. The smallest absolute Gasteiger partial charge is 0.144 e. The minimum Gasteiger partial charge on any atom is -0.494 e. The molecule has 2 N–H and O–H groups in total. The Kier molecular flexibility index (Phi) is 3.48. The van der Waals surface area contributed by atoms with Crippen LogP contribution in [0.25, 0.3) is 0 Å². The van der Waals surface area contributed by atoms with Crippen molar-refractivity contribution in [3.63, 3.8) is 0 Å². The molecule has 5 nitrogen and oxygen atoms in total. The molecule has 1 saturated heterocycles. The number of anilines is 2. The Balaban J connectivity index is 1.86. The SMILES string of the molecule is COc1cccc2c1Nc1cscc1C(N1CCNCC1)=N2. The lowest BCUT2D eigenvalue weighted by molar-refractivity contribution is 0.358. The van der Waals surface area contributed by atoms with Crippen LogP contribution < -0.4 is 15.4 Å². The van der Waals surface area contributed by atoms with Crippen LogP contribution in [-0.2, 0) is 0 Å². The van der Waals surface area contributed by atoms with Gasteiger partial charge < -0.3 is 20.3 Å². The second-order valence-corrected chi connectivity index (χ2v) is 6.09. The van der Waals surface area contributed by atoms with Gasteiger partial charge in [0.25, 0.3) is 0 Å². The number of ether oxygens (including phenoxy) is 1. The number of para-hydroxylation sites is 1. The maximum atomic E-state index is 5.49. The summed E-state index contributed by atoms with van der Waals surface area (Å²) in [4.78, 5) is 7.32. The number of rotatable bonds is 1. The van der Waals surface area contributed by atoms with Crippen LogP contribution in [0, 0.1) is 0 Å². The van der Waals surface area contributed by atoms with Gasteiger partial charge in [-0.05, 0) is 12.1 Å². The molecule has 0 unspecified atom stereocenters. The summed E-state index contributed by atoms with van der Waals surface area (Å²) < 4.78 is 5.49. The molecule has 0 saturated carbocycles. The summed E-state index contributed by atoms with van der Waals surface area (Å²) in [6.07, 6.45) is 0. The van der Waals surface area contributed by atoms with Crippen LogP contribution in [-0.4, -0.2) is 44.0 Å². The quantitative estimate of drug-likeness (QED) is 0.850. The Morgan fingerprint density at radius 3 is 2.91 bits per heavy atom. The first-order valence-electron chi connectivity index (χ1n) is 7.42. The van der Waals surface area contributed by atoms with Gasteiger partial charge in [0.1, 0.15) is 17.3 Å². The van der Waals surface area contributed by atoms with Crippen molar-refractivity contribution in [3.8, 4) is 5.75 Å². The molecule has 0 atom stereocenters. The van der Waals surface area contributed by atoms with Crippen LogP contribution in [0.3, 0.4) is 0 Å². The van der Waals surface area contributed by atoms with E-state index in [-0.39, 0.29) is 0 Å². The van der Waals surface area contributed by atoms with E-state index in [1.165, 1.54) is 5.56 Å². The number of aliphatic imine (C=N–C) groups is 1. The maximum Gasteiger partial charge on any atom is 0.144 e. The minimum atomic E-state index is 0.819. The van der Waals surface area contributed by atoms with Crippen LogP contribution in [0.5, 0.6) is 5.75 Å². The molecule has 1 aromatic carbocycles. The van der Waals surface area contributed by atoms with Gasteiger partial charge in [0.2, 0.25) is 0 Å². The second-order valence-electron chi connectivity index (χ2n) is 5.35. The number of nitrogens with one attached hydrogen (secondary N) is 2. The van der Waals surface area contributed by atoms with E-state index in [9.17, 15) is 0 Å². The van der Waals surface area contributed by atoms with Crippen molar-refractivity contribution in [1.82, 2.24) is 10.2 Å². The van der Waals surface area contributed by atoms with Crippen LogP contribution in [0.4, 0.5) is 17.1 Å². The molecule has 1 aromatic heterocycles. The zero-order valence-corrected chi connectivity index (χ0v) is 13.2. The minimum absolute atomic E-state index is 0.819. The van der Waals surface area contributed by atoms with Gasteiger partial charge in [-0.1, -0.05) is 6.07 Å². The number of nitrogens with zero attached hydrogens (tertiary/aromatic N) is 2. The summed E-state index contributed by atoms with van der Waals surface area (Å²) in [6, 6.07) is 5.97. The molecule has 114 valence electrons. The van der Waals surface area contributed by atoms with Gasteiger partial charge in [0.15, 0.2) is 0 Å². The predicted octanol–water partition coefficient (Wildman–Crippen LogP) is 2.80. The van der Waals surface area contributed by atoms with Crippen molar-refractivity contribution < 1.29 is 4.74 Å². The molecular weight excluding hydrogens is 296 g/mol. The number of methoxy groups -OCH3 is 1. The Labute approximate surface area is 133 Å². The third-order valence-corrected chi connectivity index (χ3v) is 4.77. The molecule has 6 heteroatoms. The molecule has 0 aliphatic carbocycles. The fraction of sp³-hybridized carbons (Fsp3) is 0.312. The Hall–Kier alpha value is -2.05. The molecular formula is C16H18N4OS. The maximum absolute atomic E-state index is 5.49. The van der Waals surface area contributed by atoms with Crippen molar-refractivity contribution in [1.29, 1.82) is 0 Å². The van der Waals surface area contributed by atoms with Crippen LogP contribution in [0.15, 0.2) is 34.0 Å². The molecule has 1 fully saturated rings. The highest BCUT2D eigenvalue weighted by molar-refractivity contribution is 7.08. The number of piperazine rings is 1. The average Bonchev–Trinajstić information content (AvgIpc) is 2.96. The number of benzene rings is 1. The fourth-order valence-corrected chi connectivity index (χ4v) is 3.66. The van der Waals surface area contributed by atoms with Gasteiger partial charge in [-0.3, -0.25) is 0 Å². The summed E-state index contributed by atoms with van der Waals surface area (Å²) in [5, 5.41) is 11.2. The van der Waals surface area contributed by atoms with E-state index in [1.54, 1.807) is 18.4 Å². The van der Waals surface area contributed by atoms with E-state index in [1.807, 2.05) is 18.2 Å².